The summed E-state index contributed by atoms with van der Waals surface area (Å²) in [6.45, 7) is 21.2. The molecule has 2 aliphatic heterocycles. The lowest BCUT2D eigenvalue weighted by atomic mass is 9.33. The number of thiophene rings is 1. The van der Waals surface area contributed by atoms with E-state index in [9.17, 15) is 0 Å². The van der Waals surface area contributed by atoms with E-state index in [-0.39, 0.29) is 23.0 Å². The zero-order valence-corrected chi connectivity index (χ0v) is 39.5. The highest BCUT2D eigenvalue weighted by Gasteiger charge is 2.45. The van der Waals surface area contributed by atoms with Crippen LogP contribution in [0.2, 0.25) is 0 Å². The Morgan fingerprint density at radius 2 is 1.23 bits per heavy atom. The summed E-state index contributed by atoms with van der Waals surface area (Å²) in [6.07, 6.45) is 4.66. The first kappa shape index (κ1) is 39.5. The summed E-state index contributed by atoms with van der Waals surface area (Å²) < 4.78 is 1.38. The van der Waals surface area contributed by atoms with Crippen molar-refractivity contribution < 1.29 is 0 Å². The van der Waals surface area contributed by atoms with Crippen molar-refractivity contribution >= 4 is 84.2 Å². The Hall–Kier alpha value is -6.10. The van der Waals surface area contributed by atoms with E-state index in [4.69, 9.17) is 0 Å². The van der Waals surface area contributed by atoms with E-state index in [2.05, 4.69) is 218 Å². The molecular formula is C60H55BN2S. The molecule has 1 aromatic heterocycles. The molecule has 7 aromatic carbocycles. The zero-order chi connectivity index (χ0) is 44.0. The smallest absolute Gasteiger partial charge is 0.252 e. The van der Waals surface area contributed by atoms with Crippen molar-refractivity contribution in [3.63, 3.8) is 0 Å². The average Bonchev–Trinajstić information content (AvgIpc) is 3.77. The normalized spacial score (nSPS) is 15.6. The number of allylic oxidation sites excluding steroid dienone is 1. The minimum Gasteiger partial charge on any atom is -0.311 e. The summed E-state index contributed by atoms with van der Waals surface area (Å²) in [5.41, 5.74) is 25.0. The molecule has 12 rings (SSSR count). The van der Waals surface area contributed by atoms with Crippen molar-refractivity contribution in [1.29, 1.82) is 0 Å². The summed E-state index contributed by atoms with van der Waals surface area (Å²) in [7, 11) is 0. The molecule has 8 aromatic rings. The molecule has 0 saturated carbocycles. The lowest BCUT2D eigenvalue weighted by Crippen LogP contribution is -2.61. The zero-order valence-electron chi connectivity index (χ0n) is 38.7. The topological polar surface area (TPSA) is 6.48 Å². The Labute approximate surface area is 384 Å². The van der Waals surface area contributed by atoms with E-state index in [0.717, 1.165) is 12.8 Å². The monoisotopic (exact) mass is 846 g/mol. The Balaban J connectivity index is 1.08. The second-order valence-electron chi connectivity index (χ2n) is 21.4. The molecule has 0 fully saturated rings. The largest absolute Gasteiger partial charge is 0.311 e. The number of hydrogen-bond acceptors (Lipinski definition) is 3. The molecule has 0 bridgehead atoms. The quantitative estimate of drug-likeness (QED) is 0.163. The van der Waals surface area contributed by atoms with Crippen LogP contribution in [-0.4, -0.2) is 6.71 Å². The van der Waals surface area contributed by atoms with E-state index < -0.39 is 0 Å². The first-order valence-corrected chi connectivity index (χ1v) is 24.1. The number of benzene rings is 7. The fourth-order valence-corrected chi connectivity index (χ4v) is 12.8. The minimum atomic E-state index is -0.112. The fourth-order valence-electron chi connectivity index (χ4n) is 11.5. The van der Waals surface area contributed by atoms with E-state index in [1.807, 2.05) is 11.3 Å². The Morgan fingerprint density at radius 3 is 2.00 bits per heavy atom. The molecular weight excluding hydrogens is 792 g/mol. The fraction of sp³-hybridized carbons (Fsp3) is 0.233. The van der Waals surface area contributed by atoms with Crippen LogP contribution in [-0.2, 0) is 22.7 Å². The van der Waals surface area contributed by atoms with Gasteiger partial charge in [0.2, 0.25) is 0 Å². The summed E-state index contributed by atoms with van der Waals surface area (Å²) in [4.78, 5) is 6.70. The van der Waals surface area contributed by atoms with Gasteiger partial charge in [-0.25, -0.2) is 0 Å². The molecule has 3 heterocycles. The predicted octanol–water partition coefficient (Wildman–Crippen LogP) is 14.6. The molecule has 0 amide bonds. The van der Waals surface area contributed by atoms with Crippen molar-refractivity contribution in [1.82, 2.24) is 0 Å². The molecule has 4 aliphatic rings. The number of hydrogen-bond donors (Lipinski definition) is 0. The van der Waals surface area contributed by atoms with Crippen molar-refractivity contribution in [2.24, 2.45) is 0 Å². The van der Waals surface area contributed by atoms with Crippen molar-refractivity contribution in [3.8, 4) is 11.1 Å². The Kier molecular flexibility index (Phi) is 8.46. The van der Waals surface area contributed by atoms with Crippen LogP contribution >= 0.6 is 11.3 Å². The second-order valence-corrected chi connectivity index (χ2v) is 22.5. The molecule has 0 saturated heterocycles. The summed E-state index contributed by atoms with van der Waals surface area (Å²) >= 11 is 1.97. The number of aryl methyl sites for hydroxylation is 2. The van der Waals surface area contributed by atoms with Crippen molar-refractivity contribution in [3.05, 3.63) is 189 Å². The first-order valence-electron chi connectivity index (χ1n) is 23.3. The third-order valence-electron chi connectivity index (χ3n) is 14.9. The maximum Gasteiger partial charge on any atom is 0.252 e. The van der Waals surface area contributed by atoms with Crippen LogP contribution in [0.3, 0.4) is 0 Å². The van der Waals surface area contributed by atoms with E-state index in [1.54, 1.807) is 0 Å². The van der Waals surface area contributed by atoms with Crippen molar-refractivity contribution in [2.45, 2.75) is 91.4 Å². The van der Waals surface area contributed by atoms with Gasteiger partial charge in [0.15, 0.2) is 0 Å². The van der Waals surface area contributed by atoms with Gasteiger partial charge in [-0.1, -0.05) is 146 Å². The highest BCUT2D eigenvalue weighted by molar-refractivity contribution is 7.19. The first-order chi connectivity index (χ1) is 30.7. The second kappa shape index (κ2) is 13.7. The van der Waals surface area contributed by atoms with Crippen LogP contribution < -0.4 is 26.2 Å². The lowest BCUT2D eigenvalue weighted by molar-refractivity contribution is 0.590. The molecule has 64 heavy (non-hydrogen) atoms. The van der Waals surface area contributed by atoms with Gasteiger partial charge >= 0.3 is 0 Å². The third kappa shape index (κ3) is 5.77. The van der Waals surface area contributed by atoms with Gasteiger partial charge in [0.1, 0.15) is 0 Å². The molecule has 2 aliphatic carbocycles. The molecule has 0 radical (unpaired) electrons. The van der Waals surface area contributed by atoms with Gasteiger partial charge in [-0.15, -0.1) is 11.3 Å². The number of rotatable bonds is 3. The number of anilines is 6. The van der Waals surface area contributed by atoms with E-state index >= 15 is 0 Å². The van der Waals surface area contributed by atoms with Gasteiger partial charge in [0.25, 0.3) is 6.71 Å². The van der Waals surface area contributed by atoms with Gasteiger partial charge < -0.3 is 9.80 Å². The van der Waals surface area contributed by atoms with Gasteiger partial charge in [-0.05, 0) is 152 Å². The highest BCUT2D eigenvalue weighted by atomic mass is 32.1. The maximum atomic E-state index is 2.62. The summed E-state index contributed by atoms with van der Waals surface area (Å²) in [5.74, 6) is 0. The summed E-state index contributed by atoms with van der Waals surface area (Å²) in [5, 5.41) is 1.38. The lowest BCUT2D eigenvalue weighted by Gasteiger charge is -2.45. The molecule has 2 nitrogen and oxygen atoms in total. The standard InChI is InChI=1S/C60H55BN2S/c1-36-31-52-57-53(32-36)63(41-27-28-44-43-15-10-12-18-46(43)60(8,9)47(44)35-41)51-34-39(59(5,6)7)23-29-48(51)61(57)49-33-38(58(2,3)4)24-30-50(49)62(52)40-25-21-37(22-26-40)42-17-14-20-55-56(42)45-16-11-13-19-54(45)64-55/h10-13,15-19,21-35H,14,20H2,1-9H3. The molecule has 4 heteroatoms. The van der Waals surface area contributed by atoms with Gasteiger partial charge in [-0.2, -0.15) is 0 Å². The molecule has 0 N–H and O–H groups in total. The third-order valence-corrected chi connectivity index (χ3v) is 16.1. The number of fused-ring (bicyclic) bond motifs is 10. The minimum absolute atomic E-state index is 0.00921. The molecule has 314 valence electrons. The highest BCUT2D eigenvalue weighted by Crippen LogP contribution is 2.52. The van der Waals surface area contributed by atoms with Crippen LogP contribution in [0.4, 0.5) is 34.1 Å². The average molecular weight is 847 g/mol. The Bertz CT molecular complexity index is 3290. The molecule has 0 spiro atoms. The number of nitrogens with zero attached hydrogens (tertiary/aromatic N) is 2. The van der Waals surface area contributed by atoms with Crippen LogP contribution in [0.1, 0.15) is 106 Å². The maximum absolute atomic E-state index is 2.62. The Morgan fingerprint density at radius 1 is 0.578 bits per heavy atom. The van der Waals surface area contributed by atoms with Gasteiger partial charge in [-0.3, -0.25) is 0 Å². The van der Waals surface area contributed by atoms with Crippen LogP contribution in [0, 0.1) is 6.92 Å². The van der Waals surface area contributed by atoms with Crippen molar-refractivity contribution in [2.75, 3.05) is 9.80 Å². The van der Waals surface area contributed by atoms with E-state index in [1.165, 1.54) is 121 Å². The van der Waals surface area contributed by atoms with Gasteiger partial charge in [0.05, 0.1) is 0 Å². The van der Waals surface area contributed by atoms with E-state index in [0.29, 0.717) is 0 Å². The predicted molar refractivity (Wildman–Crippen MR) is 277 cm³/mol. The van der Waals surface area contributed by atoms with Crippen LogP contribution in [0.5, 0.6) is 0 Å². The summed E-state index contributed by atoms with van der Waals surface area (Å²) in [6, 6.07) is 54.3. The van der Waals surface area contributed by atoms with Crippen LogP contribution in [0.25, 0.3) is 26.8 Å². The van der Waals surface area contributed by atoms with Crippen LogP contribution in [0.15, 0.2) is 146 Å². The molecule has 0 atom stereocenters. The molecule has 0 unspecified atom stereocenters. The van der Waals surface area contributed by atoms with Gasteiger partial charge in [0, 0.05) is 60.1 Å². The SMILES string of the molecule is Cc1cc2c3c(c1)N(c1ccc4c(c1)C(C)(C)c1ccccc1-4)c1cc(C(C)(C)C)ccc1B3c1cc(C(C)(C)C)ccc1N2c1ccc(C2=CCCc3sc4ccccc4c32)cc1.